The van der Waals surface area contributed by atoms with Gasteiger partial charge in [-0.15, -0.1) is 0 Å². The van der Waals surface area contributed by atoms with Crippen molar-refractivity contribution >= 4 is 21.4 Å². The molecule has 25 heavy (non-hydrogen) atoms. The highest BCUT2D eigenvalue weighted by molar-refractivity contribution is 7.92. The van der Waals surface area contributed by atoms with Gasteiger partial charge in [0.1, 0.15) is 4.90 Å². The van der Waals surface area contributed by atoms with Crippen LogP contribution < -0.4 is 9.62 Å². The van der Waals surface area contributed by atoms with Crippen molar-refractivity contribution in [3.8, 4) is 0 Å². The maximum absolute atomic E-state index is 13.9. The quantitative estimate of drug-likeness (QED) is 0.839. The molecule has 5 nitrogen and oxygen atoms in total. The summed E-state index contributed by atoms with van der Waals surface area (Å²) in [5.74, 6) is -5.04. The first kappa shape index (κ1) is 17.6. The number of halogens is 3. The van der Waals surface area contributed by atoms with Crippen LogP contribution >= 0.6 is 0 Å². The van der Waals surface area contributed by atoms with Crippen LogP contribution in [0.3, 0.4) is 0 Å². The van der Waals surface area contributed by atoms with Gasteiger partial charge in [-0.25, -0.2) is 21.6 Å². The molecule has 9 heteroatoms. The molecule has 1 fully saturated rings. The van der Waals surface area contributed by atoms with Crippen molar-refractivity contribution < 1.29 is 26.3 Å². The van der Waals surface area contributed by atoms with Crippen molar-refractivity contribution in [1.29, 1.82) is 0 Å². The summed E-state index contributed by atoms with van der Waals surface area (Å²) >= 11 is 0. The molecule has 0 radical (unpaired) electrons. The Hall–Kier alpha value is -2.26. The lowest BCUT2D eigenvalue weighted by Crippen LogP contribution is -2.36. The second-order valence-corrected chi connectivity index (χ2v) is 7.05. The zero-order valence-corrected chi connectivity index (χ0v) is 13.8. The summed E-state index contributed by atoms with van der Waals surface area (Å²) in [4.78, 5) is 0.964. The molecule has 1 aliphatic heterocycles. The molecule has 1 aliphatic rings. The van der Waals surface area contributed by atoms with E-state index in [1.54, 1.807) is 18.2 Å². The molecule has 1 heterocycles. The van der Waals surface area contributed by atoms with Crippen molar-refractivity contribution in [2.24, 2.45) is 0 Å². The van der Waals surface area contributed by atoms with Crippen LogP contribution in [0.15, 0.2) is 41.3 Å². The Morgan fingerprint density at radius 2 is 1.64 bits per heavy atom. The van der Waals surface area contributed by atoms with E-state index in [-0.39, 0.29) is 5.69 Å². The van der Waals surface area contributed by atoms with Gasteiger partial charge >= 0.3 is 0 Å². The van der Waals surface area contributed by atoms with Gasteiger partial charge in [0.25, 0.3) is 10.0 Å². The topological polar surface area (TPSA) is 58.6 Å². The van der Waals surface area contributed by atoms with E-state index in [4.69, 9.17) is 4.74 Å². The van der Waals surface area contributed by atoms with Gasteiger partial charge in [0.15, 0.2) is 17.5 Å². The third-order valence-electron chi connectivity index (χ3n) is 3.79. The lowest BCUT2D eigenvalue weighted by molar-refractivity contribution is 0.123. The van der Waals surface area contributed by atoms with Gasteiger partial charge in [0.2, 0.25) is 0 Å². The first-order chi connectivity index (χ1) is 11.9. The fraction of sp³-hybridized carbons (Fsp3) is 0.250. The first-order valence-electron chi connectivity index (χ1n) is 7.48. The van der Waals surface area contributed by atoms with Gasteiger partial charge in [0, 0.05) is 13.1 Å². The van der Waals surface area contributed by atoms with Crippen molar-refractivity contribution in [2.45, 2.75) is 4.90 Å². The van der Waals surface area contributed by atoms with Crippen LogP contribution in [-0.2, 0) is 14.8 Å². The minimum Gasteiger partial charge on any atom is -0.378 e. The molecule has 0 bridgehead atoms. The van der Waals surface area contributed by atoms with Crippen molar-refractivity contribution in [3.05, 3.63) is 53.8 Å². The fourth-order valence-electron chi connectivity index (χ4n) is 2.56. The average Bonchev–Trinajstić information content (AvgIpc) is 2.60. The maximum atomic E-state index is 13.9. The minimum atomic E-state index is -4.43. The number of hydrogen-bond acceptors (Lipinski definition) is 4. The number of nitrogens with zero attached hydrogens (tertiary/aromatic N) is 1. The number of rotatable bonds is 4. The highest BCUT2D eigenvalue weighted by Crippen LogP contribution is 2.29. The Morgan fingerprint density at radius 1 is 0.960 bits per heavy atom. The molecule has 0 spiro atoms. The summed E-state index contributed by atoms with van der Waals surface area (Å²) in [5, 5.41) is 0. The average molecular weight is 372 g/mol. The van der Waals surface area contributed by atoms with Crippen LogP contribution in [0, 0.1) is 17.5 Å². The summed E-state index contributed by atoms with van der Waals surface area (Å²) in [5.41, 5.74) is 0.811. The normalized spacial score (nSPS) is 15.2. The zero-order chi connectivity index (χ0) is 18.0. The molecule has 2 aromatic carbocycles. The highest BCUT2D eigenvalue weighted by Gasteiger charge is 2.25. The Kier molecular flexibility index (Phi) is 4.87. The van der Waals surface area contributed by atoms with Crippen molar-refractivity contribution in [1.82, 2.24) is 0 Å². The van der Waals surface area contributed by atoms with Gasteiger partial charge in [0.05, 0.1) is 24.6 Å². The Morgan fingerprint density at radius 3 is 2.36 bits per heavy atom. The molecule has 0 aromatic heterocycles. The predicted molar refractivity (Wildman–Crippen MR) is 86.6 cm³/mol. The second kappa shape index (κ2) is 6.93. The van der Waals surface area contributed by atoms with Gasteiger partial charge in [-0.2, -0.15) is 0 Å². The van der Waals surface area contributed by atoms with Crippen molar-refractivity contribution in [3.63, 3.8) is 0 Å². The summed E-state index contributed by atoms with van der Waals surface area (Å²) < 4.78 is 72.6. The molecule has 0 unspecified atom stereocenters. The maximum Gasteiger partial charge on any atom is 0.265 e. The Labute approximate surface area is 143 Å². The number of nitrogens with one attached hydrogen (secondary N) is 1. The number of morpholine rings is 1. The molecule has 0 atom stereocenters. The molecule has 1 N–H and O–H groups in total. The fourth-order valence-corrected chi connectivity index (χ4v) is 3.70. The largest absolute Gasteiger partial charge is 0.378 e. The molecule has 2 aromatic rings. The van der Waals surface area contributed by atoms with Gasteiger partial charge < -0.3 is 9.64 Å². The summed E-state index contributed by atoms with van der Waals surface area (Å²) in [7, 11) is -4.43. The zero-order valence-electron chi connectivity index (χ0n) is 13.0. The van der Waals surface area contributed by atoms with Crippen LogP contribution in [0.25, 0.3) is 0 Å². The molecular formula is C16H15F3N2O3S. The van der Waals surface area contributed by atoms with E-state index in [1.807, 2.05) is 4.90 Å². The lowest BCUT2D eigenvalue weighted by atomic mass is 10.2. The number of benzene rings is 2. The smallest absolute Gasteiger partial charge is 0.265 e. The van der Waals surface area contributed by atoms with Gasteiger partial charge in [-0.3, -0.25) is 4.72 Å². The highest BCUT2D eigenvalue weighted by atomic mass is 32.2. The molecule has 0 aliphatic carbocycles. The van der Waals surface area contributed by atoms with E-state index < -0.39 is 32.4 Å². The Balaban J connectivity index is 1.96. The third-order valence-corrected chi connectivity index (χ3v) is 5.17. The number of hydrogen-bond donors (Lipinski definition) is 1. The van der Waals surface area contributed by atoms with E-state index in [9.17, 15) is 21.6 Å². The van der Waals surface area contributed by atoms with Crippen LogP contribution in [0.2, 0.25) is 0 Å². The predicted octanol–water partition coefficient (Wildman–Crippen LogP) is 2.74. The van der Waals surface area contributed by atoms with Gasteiger partial charge in [-0.05, 0) is 24.3 Å². The molecular weight excluding hydrogens is 357 g/mol. The molecule has 0 amide bonds. The van der Waals surface area contributed by atoms with E-state index >= 15 is 0 Å². The summed E-state index contributed by atoms with van der Waals surface area (Å²) in [6.07, 6.45) is 0. The molecule has 1 saturated heterocycles. The standard InChI is InChI=1S/C16H15F3N2O3S/c17-11-5-6-14(16(19)15(11)18)25(22,23)20-12-3-1-2-4-13(12)21-7-9-24-10-8-21/h1-6,20H,7-10H2. The first-order valence-corrected chi connectivity index (χ1v) is 8.96. The van der Waals surface area contributed by atoms with E-state index in [0.717, 1.165) is 0 Å². The van der Waals surface area contributed by atoms with E-state index in [0.29, 0.717) is 44.1 Å². The number of para-hydroxylation sites is 2. The summed E-state index contributed by atoms with van der Waals surface area (Å²) in [6.45, 7) is 2.13. The second-order valence-electron chi connectivity index (χ2n) is 5.40. The summed E-state index contributed by atoms with van der Waals surface area (Å²) in [6, 6.07) is 7.84. The molecule has 134 valence electrons. The van der Waals surface area contributed by atoms with Crippen LogP contribution in [0.1, 0.15) is 0 Å². The van der Waals surface area contributed by atoms with E-state index in [2.05, 4.69) is 4.72 Å². The minimum absolute atomic E-state index is 0.216. The van der Waals surface area contributed by atoms with Crippen LogP contribution in [0.5, 0.6) is 0 Å². The number of ether oxygens (including phenoxy) is 1. The number of anilines is 2. The van der Waals surface area contributed by atoms with E-state index in [1.165, 1.54) is 6.07 Å². The Bertz CT molecular complexity index is 884. The molecule has 0 saturated carbocycles. The number of sulfonamides is 1. The van der Waals surface area contributed by atoms with Crippen LogP contribution in [-0.4, -0.2) is 34.7 Å². The van der Waals surface area contributed by atoms with Crippen molar-refractivity contribution in [2.75, 3.05) is 35.9 Å². The van der Waals surface area contributed by atoms with Gasteiger partial charge in [-0.1, -0.05) is 12.1 Å². The third kappa shape index (κ3) is 3.57. The van der Waals surface area contributed by atoms with Crippen LogP contribution in [0.4, 0.5) is 24.5 Å². The molecule has 3 rings (SSSR count). The SMILES string of the molecule is O=S(=O)(Nc1ccccc1N1CCOCC1)c1ccc(F)c(F)c1F. The lowest BCUT2D eigenvalue weighted by Gasteiger charge is -2.30. The monoisotopic (exact) mass is 372 g/mol.